The summed E-state index contributed by atoms with van der Waals surface area (Å²) >= 11 is 0. The summed E-state index contributed by atoms with van der Waals surface area (Å²) in [5.74, 6) is 0.189. The first-order valence-corrected chi connectivity index (χ1v) is 9.21. The van der Waals surface area contributed by atoms with E-state index in [0.29, 0.717) is 17.6 Å². The fourth-order valence-corrected chi connectivity index (χ4v) is 4.75. The third-order valence-corrected chi connectivity index (χ3v) is 6.31. The molecule has 1 aromatic carbocycles. The van der Waals surface area contributed by atoms with Gasteiger partial charge >= 0.3 is 5.69 Å². The molecule has 24 heavy (non-hydrogen) atoms. The maximum absolute atomic E-state index is 12.7. The average molecular weight is 375 g/mol. The Kier molecular flexibility index (Phi) is 5.44. The second kappa shape index (κ2) is 6.87. The molecule has 9 heteroatoms. The van der Waals surface area contributed by atoms with Crippen molar-refractivity contribution in [3.63, 3.8) is 0 Å². The van der Waals surface area contributed by atoms with Gasteiger partial charge in [0.1, 0.15) is 0 Å². The average Bonchev–Trinajstić information content (AvgIpc) is 3.05. The predicted octanol–water partition coefficient (Wildman–Crippen LogP) is 0.705. The first-order chi connectivity index (χ1) is 10.8. The van der Waals surface area contributed by atoms with E-state index < -0.39 is 10.0 Å². The molecule has 3 N–H and O–H groups in total. The van der Waals surface area contributed by atoms with Crippen molar-refractivity contribution in [2.45, 2.75) is 30.2 Å². The lowest BCUT2D eigenvalue weighted by Crippen LogP contribution is -2.39. The van der Waals surface area contributed by atoms with Crippen LogP contribution in [0.2, 0.25) is 0 Å². The van der Waals surface area contributed by atoms with Gasteiger partial charge in [-0.15, -0.1) is 12.4 Å². The van der Waals surface area contributed by atoms with Crippen molar-refractivity contribution in [2.24, 2.45) is 25.7 Å². The third-order valence-electron chi connectivity index (χ3n) is 4.82. The molecule has 134 valence electrons. The molecular formula is C15H23ClN4O3S. The highest BCUT2D eigenvalue weighted by Gasteiger charge is 2.30. The fraction of sp³-hybridized carbons (Fsp3) is 0.533. The molecule has 7 nitrogen and oxygen atoms in total. The maximum Gasteiger partial charge on any atom is 0.328 e. The van der Waals surface area contributed by atoms with Gasteiger partial charge in [-0.2, -0.15) is 0 Å². The Bertz CT molecular complexity index is 903. The molecule has 0 bridgehead atoms. The van der Waals surface area contributed by atoms with Crippen LogP contribution in [-0.4, -0.2) is 30.1 Å². The van der Waals surface area contributed by atoms with Crippen LogP contribution in [0.1, 0.15) is 19.3 Å². The Hall–Kier alpha value is -1.35. The lowest BCUT2D eigenvalue weighted by molar-refractivity contribution is 0.453. The summed E-state index contributed by atoms with van der Waals surface area (Å²) < 4.78 is 31.0. The van der Waals surface area contributed by atoms with Gasteiger partial charge in [0.2, 0.25) is 10.0 Å². The number of halogens is 1. The number of nitrogens with two attached hydrogens (primary N) is 1. The topological polar surface area (TPSA) is 99.1 Å². The molecule has 0 saturated heterocycles. The Morgan fingerprint density at radius 2 is 1.88 bits per heavy atom. The van der Waals surface area contributed by atoms with Gasteiger partial charge in [0, 0.05) is 20.1 Å². The van der Waals surface area contributed by atoms with Crippen LogP contribution in [0.3, 0.4) is 0 Å². The van der Waals surface area contributed by atoms with Gasteiger partial charge in [-0.25, -0.2) is 17.9 Å². The van der Waals surface area contributed by atoms with Crippen molar-refractivity contribution in [2.75, 3.05) is 6.54 Å². The van der Waals surface area contributed by atoms with Crippen LogP contribution < -0.4 is 16.1 Å². The number of aromatic nitrogens is 2. The maximum atomic E-state index is 12.7. The number of imidazole rings is 1. The quantitative estimate of drug-likeness (QED) is 0.823. The van der Waals surface area contributed by atoms with Gasteiger partial charge in [0.05, 0.1) is 15.9 Å². The molecule has 1 saturated carbocycles. The van der Waals surface area contributed by atoms with E-state index in [1.165, 1.54) is 15.2 Å². The monoisotopic (exact) mass is 374 g/mol. The van der Waals surface area contributed by atoms with Crippen LogP contribution >= 0.6 is 12.4 Å². The van der Waals surface area contributed by atoms with Crippen molar-refractivity contribution in [3.05, 3.63) is 28.7 Å². The Morgan fingerprint density at radius 3 is 2.54 bits per heavy atom. The zero-order valence-electron chi connectivity index (χ0n) is 13.7. The number of rotatable bonds is 4. The fourth-order valence-electron chi connectivity index (χ4n) is 3.40. The molecule has 2 aromatic rings. The van der Waals surface area contributed by atoms with E-state index in [9.17, 15) is 13.2 Å². The second-order valence-electron chi connectivity index (χ2n) is 6.21. The molecule has 2 unspecified atom stereocenters. The molecule has 0 spiro atoms. The second-order valence-corrected chi connectivity index (χ2v) is 7.92. The van der Waals surface area contributed by atoms with E-state index in [1.54, 1.807) is 26.2 Å². The number of hydrogen-bond acceptors (Lipinski definition) is 4. The first kappa shape index (κ1) is 19.0. The Balaban J connectivity index is 0.00000208. The van der Waals surface area contributed by atoms with Crippen molar-refractivity contribution in [3.8, 4) is 0 Å². The minimum absolute atomic E-state index is 0. The van der Waals surface area contributed by atoms with Crippen LogP contribution in [0, 0.1) is 5.92 Å². The molecule has 0 aliphatic heterocycles. The number of nitrogens with one attached hydrogen (secondary N) is 1. The molecule has 0 amide bonds. The molecule has 2 atom stereocenters. The van der Waals surface area contributed by atoms with Crippen LogP contribution in [0.5, 0.6) is 0 Å². The van der Waals surface area contributed by atoms with Crippen molar-refractivity contribution in [1.29, 1.82) is 0 Å². The van der Waals surface area contributed by atoms with Crippen molar-refractivity contribution in [1.82, 2.24) is 13.9 Å². The number of benzene rings is 1. The van der Waals surface area contributed by atoms with E-state index in [-0.39, 0.29) is 35.0 Å². The van der Waals surface area contributed by atoms with Gasteiger partial charge in [-0.3, -0.25) is 9.13 Å². The molecule has 1 fully saturated rings. The van der Waals surface area contributed by atoms with Gasteiger partial charge < -0.3 is 5.73 Å². The number of hydrogen-bond donors (Lipinski definition) is 2. The molecule has 0 radical (unpaired) electrons. The Labute approximate surface area is 147 Å². The van der Waals surface area contributed by atoms with Gasteiger partial charge in [-0.1, -0.05) is 6.42 Å². The molecule has 1 heterocycles. The zero-order chi connectivity index (χ0) is 16.8. The van der Waals surface area contributed by atoms with E-state index >= 15 is 0 Å². The lowest BCUT2D eigenvalue weighted by Gasteiger charge is -2.19. The molecule has 1 aromatic heterocycles. The summed E-state index contributed by atoms with van der Waals surface area (Å²) in [5, 5.41) is 0. The Morgan fingerprint density at radius 1 is 1.21 bits per heavy atom. The highest BCUT2D eigenvalue weighted by molar-refractivity contribution is 7.89. The van der Waals surface area contributed by atoms with Gasteiger partial charge in [0.15, 0.2) is 0 Å². The van der Waals surface area contributed by atoms with Crippen LogP contribution in [0.4, 0.5) is 0 Å². The normalized spacial score (nSPS) is 21.1. The summed E-state index contributed by atoms with van der Waals surface area (Å²) in [4.78, 5) is 12.1. The molecule has 1 aliphatic carbocycles. The van der Waals surface area contributed by atoms with E-state index in [0.717, 1.165) is 19.3 Å². The molecular weight excluding hydrogens is 352 g/mol. The number of nitrogens with zero attached hydrogens (tertiary/aromatic N) is 2. The van der Waals surface area contributed by atoms with E-state index in [1.807, 2.05) is 0 Å². The van der Waals surface area contributed by atoms with Crippen LogP contribution in [-0.2, 0) is 24.1 Å². The number of fused-ring (bicyclic) bond motifs is 1. The van der Waals surface area contributed by atoms with Gasteiger partial charge in [0.25, 0.3) is 0 Å². The van der Waals surface area contributed by atoms with E-state index in [4.69, 9.17) is 5.73 Å². The number of aryl methyl sites for hydroxylation is 2. The summed E-state index contributed by atoms with van der Waals surface area (Å²) in [5.41, 5.74) is 6.85. The van der Waals surface area contributed by atoms with Crippen molar-refractivity contribution < 1.29 is 8.42 Å². The molecule has 3 rings (SSSR count). The smallest absolute Gasteiger partial charge is 0.328 e. The minimum Gasteiger partial charge on any atom is -0.330 e. The third kappa shape index (κ3) is 3.11. The summed E-state index contributed by atoms with van der Waals surface area (Å²) in [6, 6.07) is 4.64. The van der Waals surface area contributed by atoms with Crippen LogP contribution in [0.15, 0.2) is 27.9 Å². The van der Waals surface area contributed by atoms with Gasteiger partial charge in [-0.05, 0) is 43.5 Å². The largest absolute Gasteiger partial charge is 0.330 e. The van der Waals surface area contributed by atoms with E-state index in [2.05, 4.69) is 4.72 Å². The summed E-state index contributed by atoms with van der Waals surface area (Å²) in [6.45, 7) is 0.486. The highest BCUT2D eigenvalue weighted by atomic mass is 35.5. The zero-order valence-corrected chi connectivity index (χ0v) is 15.4. The highest BCUT2D eigenvalue weighted by Crippen LogP contribution is 2.26. The van der Waals surface area contributed by atoms with Crippen LogP contribution in [0.25, 0.3) is 11.0 Å². The molecule has 1 aliphatic rings. The number of sulfonamides is 1. The summed E-state index contributed by atoms with van der Waals surface area (Å²) in [7, 11) is -0.326. The minimum atomic E-state index is -3.63. The van der Waals surface area contributed by atoms with Crippen molar-refractivity contribution >= 4 is 33.5 Å². The summed E-state index contributed by atoms with van der Waals surface area (Å²) in [6.07, 6.45) is 2.75. The first-order valence-electron chi connectivity index (χ1n) is 7.73. The predicted molar refractivity (Wildman–Crippen MR) is 95.9 cm³/mol. The standard InChI is InChI=1S/C15H22N4O3S.ClH/c1-18-13-7-6-11(8-14(13)19(2)15(18)20)23(21,22)17-12-5-3-4-10(12)9-16;/h6-8,10,12,17H,3-5,9,16H2,1-2H3;1H. The lowest BCUT2D eigenvalue weighted by atomic mass is 10.1. The SMILES string of the molecule is Cl.Cn1c(=O)n(C)c2cc(S(=O)(=O)NC3CCCC3CN)ccc21.